The number of ether oxygens (including phenoxy) is 1. The van der Waals surface area contributed by atoms with Gasteiger partial charge < -0.3 is 20.3 Å². The maximum absolute atomic E-state index is 5.63. The molecular weight excluding hydrogens is 238 g/mol. The molecule has 0 aromatic heterocycles. The number of morpholine rings is 1. The van der Waals surface area contributed by atoms with Crippen LogP contribution in [0.15, 0.2) is 0 Å². The zero-order valence-corrected chi connectivity index (χ0v) is 12.1. The number of nitrogens with one attached hydrogen (secondary N) is 2. The van der Waals surface area contributed by atoms with E-state index in [4.69, 9.17) is 4.74 Å². The van der Waals surface area contributed by atoms with Crippen molar-refractivity contribution in [1.29, 1.82) is 0 Å². The molecule has 3 aliphatic rings. The van der Waals surface area contributed by atoms with Crippen molar-refractivity contribution in [2.75, 3.05) is 45.9 Å². The van der Waals surface area contributed by atoms with Gasteiger partial charge >= 0.3 is 0 Å². The van der Waals surface area contributed by atoms with Crippen LogP contribution in [-0.4, -0.2) is 62.9 Å². The molecule has 2 aliphatic heterocycles. The molecule has 0 amide bonds. The fourth-order valence-electron chi connectivity index (χ4n) is 4.00. The molecule has 19 heavy (non-hydrogen) atoms. The van der Waals surface area contributed by atoms with Crippen LogP contribution in [0.25, 0.3) is 0 Å². The molecule has 3 atom stereocenters. The van der Waals surface area contributed by atoms with Crippen molar-refractivity contribution in [3.05, 3.63) is 0 Å². The van der Waals surface area contributed by atoms with Gasteiger partial charge in [0.25, 0.3) is 0 Å². The molecule has 4 heteroatoms. The molecule has 110 valence electrons. The van der Waals surface area contributed by atoms with Gasteiger partial charge in [-0.1, -0.05) is 6.42 Å². The molecule has 0 aromatic carbocycles. The number of hydrogen-bond donors (Lipinski definition) is 2. The Morgan fingerprint density at radius 2 is 2.05 bits per heavy atom. The highest BCUT2D eigenvalue weighted by molar-refractivity contribution is 4.92. The average molecular weight is 267 g/mol. The normalized spacial score (nSPS) is 36.9. The van der Waals surface area contributed by atoms with Gasteiger partial charge in [-0.05, 0) is 44.7 Å². The molecule has 0 radical (unpaired) electrons. The SMILES string of the molecule is C1CC(NCCN2CCCC2)C(C2COCCN2)C1. The first kappa shape index (κ1) is 13.8. The van der Waals surface area contributed by atoms with Gasteiger partial charge in [0.1, 0.15) is 0 Å². The second-order valence-corrected chi connectivity index (χ2v) is 6.34. The van der Waals surface area contributed by atoms with E-state index >= 15 is 0 Å². The summed E-state index contributed by atoms with van der Waals surface area (Å²) in [5, 5.41) is 7.47. The Labute approximate surface area is 117 Å². The standard InChI is InChI=1S/C15H29N3O/c1-2-9-18(8-1)10-6-16-14-5-3-4-13(14)15-12-19-11-7-17-15/h13-17H,1-12H2. The molecule has 4 nitrogen and oxygen atoms in total. The van der Waals surface area contributed by atoms with E-state index in [9.17, 15) is 0 Å². The van der Waals surface area contributed by atoms with Crippen LogP contribution in [0.4, 0.5) is 0 Å². The van der Waals surface area contributed by atoms with Crippen molar-refractivity contribution in [3.8, 4) is 0 Å². The van der Waals surface area contributed by atoms with Crippen molar-refractivity contribution in [3.63, 3.8) is 0 Å². The molecule has 0 aromatic rings. The lowest BCUT2D eigenvalue weighted by Crippen LogP contribution is -2.51. The molecule has 2 N–H and O–H groups in total. The van der Waals surface area contributed by atoms with Crippen LogP contribution < -0.4 is 10.6 Å². The average Bonchev–Trinajstić information content (AvgIpc) is 3.11. The number of likely N-dealkylation sites (tertiary alicyclic amines) is 1. The van der Waals surface area contributed by atoms with Crippen LogP contribution in [0.2, 0.25) is 0 Å². The Hall–Kier alpha value is -0.160. The predicted molar refractivity (Wildman–Crippen MR) is 77.4 cm³/mol. The van der Waals surface area contributed by atoms with E-state index in [-0.39, 0.29) is 0 Å². The van der Waals surface area contributed by atoms with E-state index in [2.05, 4.69) is 15.5 Å². The molecule has 3 rings (SSSR count). The first-order valence-electron chi connectivity index (χ1n) is 8.20. The second kappa shape index (κ2) is 7.02. The van der Waals surface area contributed by atoms with Crippen molar-refractivity contribution >= 4 is 0 Å². The summed E-state index contributed by atoms with van der Waals surface area (Å²) in [5.41, 5.74) is 0. The Bertz CT molecular complexity index is 262. The summed E-state index contributed by atoms with van der Waals surface area (Å²) in [6, 6.07) is 1.29. The third-order valence-electron chi connectivity index (χ3n) is 5.07. The lowest BCUT2D eigenvalue weighted by molar-refractivity contribution is 0.0524. The second-order valence-electron chi connectivity index (χ2n) is 6.34. The van der Waals surface area contributed by atoms with Crippen LogP contribution >= 0.6 is 0 Å². The number of rotatable bonds is 5. The fourth-order valence-corrected chi connectivity index (χ4v) is 4.00. The molecule has 3 fully saturated rings. The summed E-state index contributed by atoms with van der Waals surface area (Å²) in [6.07, 6.45) is 6.89. The van der Waals surface area contributed by atoms with Gasteiger partial charge in [-0.25, -0.2) is 0 Å². The third kappa shape index (κ3) is 3.69. The summed E-state index contributed by atoms with van der Waals surface area (Å²) < 4.78 is 5.63. The van der Waals surface area contributed by atoms with E-state index in [1.807, 2.05) is 0 Å². The van der Waals surface area contributed by atoms with Gasteiger partial charge in [0.05, 0.1) is 13.2 Å². The van der Waals surface area contributed by atoms with Crippen molar-refractivity contribution < 1.29 is 4.74 Å². The monoisotopic (exact) mass is 267 g/mol. The number of nitrogens with zero attached hydrogens (tertiary/aromatic N) is 1. The molecular formula is C15H29N3O. The summed E-state index contributed by atoms with van der Waals surface area (Å²) in [5.74, 6) is 0.777. The smallest absolute Gasteiger partial charge is 0.0623 e. The zero-order valence-electron chi connectivity index (χ0n) is 12.1. The van der Waals surface area contributed by atoms with Gasteiger partial charge in [0.15, 0.2) is 0 Å². The number of hydrogen-bond acceptors (Lipinski definition) is 4. The maximum atomic E-state index is 5.63. The Kier molecular flexibility index (Phi) is 5.10. The van der Waals surface area contributed by atoms with Gasteiger partial charge in [-0.2, -0.15) is 0 Å². The first-order valence-corrected chi connectivity index (χ1v) is 8.20. The van der Waals surface area contributed by atoms with Crippen LogP contribution in [-0.2, 0) is 4.74 Å². The Morgan fingerprint density at radius 1 is 1.16 bits per heavy atom. The van der Waals surface area contributed by atoms with Crippen molar-refractivity contribution in [1.82, 2.24) is 15.5 Å². The van der Waals surface area contributed by atoms with Crippen LogP contribution in [0.3, 0.4) is 0 Å². The highest BCUT2D eigenvalue weighted by atomic mass is 16.5. The first-order chi connectivity index (χ1) is 9.43. The Morgan fingerprint density at radius 3 is 2.84 bits per heavy atom. The summed E-state index contributed by atoms with van der Waals surface area (Å²) >= 11 is 0. The van der Waals surface area contributed by atoms with Crippen LogP contribution in [0, 0.1) is 5.92 Å². The Balaban J connectivity index is 1.40. The lowest BCUT2D eigenvalue weighted by atomic mass is 9.94. The lowest BCUT2D eigenvalue weighted by Gasteiger charge is -2.33. The highest BCUT2D eigenvalue weighted by Gasteiger charge is 2.34. The molecule has 1 aliphatic carbocycles. The van der Waals surface area contributed by atoms with E-state index in [1.165, 1.54) is 51.7 Å². The largest absolute Gasteiger partial charge is 0.379 e. The minimum absolute atomic E-state index is 0.584. The van der Waals surface area contributed by atoms with E-state index < -0.39 is 0 Å². The van der Waals surface area contributed by atoms with Crippen molar-refractivity contribution in [2.24, 2.45) is 5.92 Å². The highest BCUT2D eigenvalue weighted by Crippen LogP contribution is 2.29. The predicted octanol–water partition coefficient (Wildman–Crippen LogP) is 0.829. The molecule has 0 bridgehead atoms. The minimum Gasteiger partial charge on any atom is -0.379 e. The maximum Gasteiger partial charge on any atom is 0.0623 e. The molecule has 2 heterocycles. The van der Waals surface area contributed by atoms with Crippen LogP contribution in [0.5, 0.6) is 0 Å². The topological polar surface area (TPSA) is 36.5 Å². The summed E-state index contributed by atoms with van der Waals surface area (Å²) in [6.45, 7) is 7.85. The molecule has 1 saturated carbocycles. The van der Waals surface area contributed by atoms with Crippen LogP contribution in [0.1, 0.15) is 32.1 Å². The van der Waals surface area contributed by atoms with E-state index in [1.54, 1.807) is 0 Å². The molecule has 0 spiro atoms. The van der Waals surface area contributed by atoms with Gasteiger partial charge in [0, 0.05) is 31.7 Å². The van der Waals surface area contributed by atoms with E-state index in [0.29, 0.717) is 12.1 Å². The molecule has 2 saturated heterocycles. The van der Waals surface area contributed by atoms with Gasteiger partial charge in [-0.15, -0.1) is 0 Å². The quantitative estimate of drug-likeness (QED) is 0.773. The van der Waals surface area contributed by atoms with Gasteiger partial charge in [0.2, 0.25) is 0 Å². The summed E-state index contributed by atoms with van der Waals surface area (Å²) in [7, 11) is 0. The fraction of sp³-hybridized carbons (Fsp3) is 1.00. The van der Waals surface area contributed by atoms with Gasteiger partial charge in [-0.3, -0.25) is 0 Å². The van der Waals surface area contributed by atoms with Crippen molar-refractivity contribution in [2.45, 2.75) is 44.2 Å². The van der Waals surface area contributed by atoms with E-state index in [0.717, 1.165) is 32.2 Å². The minimum atomic E-state index is 0.584. The zero-order chi connectivity index (χ0) is 12.9. The third-order valence-corrected chi connectivity index (χ3v) is 5.07. The summed E-state index contributed by atoms with van der Waals surface area (Å²) in [4.78, 5) is 2.60. The molecule has 3 unspecified atom stereocenters.